The number of hydrogen-bond donors (Lipinski definition) is 3. The van der Waals surface area contributed by atoms with Crippen LogP contribution in [0.15, 0.2) is 0 Å². The average molecular weight is 371 g/mol. The summed E-state index contributed by atoms with van der Waals surface area (Å²) in [5, 5.41) is 11.1. The average Bonchev–Trinajstić information content (AvgIpc) is 2.62. The molecule has 2 aromatic heterocycles. The van der Waals surface area contributed by atoms with Gasteiger partial charge in [0.15, 0.2) is 11.6 Å². The highest BCUT2D eigenvalue weighted by Crippen LogP contribution is 2.27. The fraction of sp³-hybridized carbons (Fsp3) is 0.600. The van der Waals surface area contributed by atoms with Crippen molar-refractivity contribution in [1.29, 1.82) is 0 Å². The lowest BCUT2D eigenvalue weighted by molar-refractivity contribution is 0.180. The molecule has 0 radical (unpaired) electrons. The summed E-state index contributed by atoms with van der Waals surface area (Å²) < 4.78 is 0. The third kappa shape index (κ3) is 4.93. The largest absolute Gasteiger partial charge is 0.368 e. The summed E-state index contributed by atoms with van der Waals surface area (Å²) in [5.41, 5.74) is 1.34. The van der Waals surface area contributed by atoms with Gasteiger partial charge in [0.1, 0.15) is 11.0 Å². The Balaban J connectivity index is 0.00000312. The first-order chi connectivity index (χ1) is 11.6. The van der Waals surface area contributed by atoms with Crippen LogP contribution in [0.1, 0.15) is 26.7 Å². The van der Waals surface area contributed by atoms with Gasteiger partial charge >= 0.3 is 0 Å². The highest BCUT2D eigenvalue weighted by atomic mass is 35.5. The molecule has 0 bridgehead atoms. The molecule has 0 saturated carbocycles. The van der Waals surface area contributed by atoms with E-state index in [1.165, 1.54) is 5.06 Å². The van der Waals surface area contributed by atoms with Crippen LogP contribution in [0.5, 0.6) is 0 Å². The highest BCUT2D eigenvalue weighted by molar-refractivity contribution is 5.94. The van der Waals surface area contributed by atoms with Gasteiger partial charge in [0.2, 0.25) is 5.95 Å². The number of nitrogens with zero attached hydrogens (tertiary/aromatic N) is 5. The molecule has 0 unspecified atom stereocenters. The quantitative estimate of drug-likeness (QED) is 0.575. The number of halogens is 1. The van der Waals surface area contributed by atoms with Crippen LogP contribution < -0.4 is 21.0 Å². The van der Waals surface area contributed by atoms with Gasteiger partial charge in [-0.15, -0.1) is 12.4 Å². The Labute approximate surface area is 154 Å². The summed E-state index contributed by atoms with van der Waals surface area (Å²) in [6.45, 7) is 5.79. The van der Waals surface area contributed by atoms with Crippen molar-refractivity contribution < 1.29 is 4.84 Å². The molecule has 0 aliphatic heterocycles. The van der Waals surface area contributed by atoms with Crippen LogP contribution in [-0.2, 0) is 4.84 Å². The number of rotatable bonds is 9. The Kier molecular flexibility index (Phi) is 8.36. The van der Waals surface area contributed by atoms with E-state index >= 15 is 0 Å². The van der Waals surface area contributed by atoms with E-state index in [2.05, 4.69) is 49.7 Å². The van der Waals surface area contributed by atoms with Gasteiger partial charge in [-0.1, -0.05) is 13.8 Å². The monoisotopic (exact) mass is 370 g/mol. The second-order valence-corrected chi connectivity index (χ2v) is 5.25. The van der Waals surface area contributed by atoms with Crippen molar-refractivity contribution in [2.75, 3.05) is 55.3 Å². The minimum Gasteiger partial charge on any atom is -0.368 e. The second-order valence-electron chi connectivity index (χ2n) is 5.25. The van der Waals surface area contributed by atoms with Crippen LogP contribution in [-0.4, -0.2) is 54.2 Å². The molecule has 0 aliphatic rings. The van der Waals surface area contributed by atoms with E-state index in [4.69, 9.17) is 4.84 Å². The van der Waals surface area contributed by atoms with Crippen molar-refractivity contribution in [2.24, 2.45) is 0 Å². The van der Waals surface area contributed by atoms with E-state index in [9.17, 15) is 0 Å². The molecule has 0 spiro atoms. The van der Waals surface area contributed by atoms with Gasteiger partial charge in [-0.3, -0.25) is 4.84 Å². The summed E-state index contributed by atoms with van der Waals surface area (Å²) >= 11 is 0. The fourth-order valence-corrected chi connectivity index (χ4v) is 2.07. The Morgan fingerprint density at radius 2 is 1.48 bits per heavy atom. The van der Waals surface area contributed by atoms with E-state index in [1.807, 2.05) is 0 Å². The standard InChI is InChI=1S/C15H26N8O.ClH/c1-6-8-17-12-11-10(19-14(16-3)21-12)13(18-9-7-2)22-15(20-11)23(4)24-5;/h6-9H2,1-5H3,(H,18,20,22)(H2,16,17,19,21);1H. The lowest BCUT2D eigenvalue weighted by atomic mass is 10.3. The topological polar surface area (TPSA) is 100 Å². The SMILES string of the molecule is CCCNc1nc(N(C)OC)nc2c(NCCC)nc(NC)nc12.Cl. The first-order valence-electron chi connectivity index (χ1n) is 8.17. The maximum Gasteiger partial charge on any atom is 0.252 e. The third-order valence-corrected chi connectivity index (χ3v) is 3.40. The van der Waals surface area contributed by atoms with Crippen LogP contribution in [0.2, 0.25) is 0 Å². The molecule has 0 fully saturated rings. The lowest BCUT2D eigenvalue weighted by Gasteiger charge is -2.17. The first-order valence-corrected chi connectivity index (χ1v) is 8.17. The van der Waals surface area contributed by atoms with Crippen LogP contribution in [0.3, 0.4) is 0 Å². The fourth-order valence-electron chi connectivity index (χ4n) is 2.07. The molecule has 9 nitrogen and oxygen atoms in total. The van der Waals surface area contributed by atoms with Crippen molar-refractivity contribution in [3.63, 3.8) is 0 Å². The van der Waals surface area contributed by atoms with Gasteiger partial charge in [0.25, 0.3) is 5.95 Å². The van der Waals surface area contributed by atoms with E-state index in [-0.39, 0.29) is 12.4 Å². The summed E-state index contributed by atoms with van der Waals surface area (Å²) in [7, 11) is 5.12. The van der Waals surface area contributed by atoms with E-state index < -0.39 is 0 Å². The van der Waals surface area contributed by atoms with Gasteiger partial charge < -0.3 is 16.0 Å². The molecule has 10 heteroatoms. The molecular weight excluding hydrogens is 344 g/mol. The van der Waals surface area contributed by atoms with E-state index in [0.29, 0.717) is 34.6 Å². The lowest BCUT2D eigenvalue weighted by Crippen LogP contribution is -2.19. The first kappa shape index (κ1) is 20.9. The number of hydrogen-bond acceptors (Lipinski definition) is 9. The van der Waals surface area contributed by atoms with Gasteiger partial charge in [0, 0.05) is 27.2 Å². The van der Waals surface area contributed by atoms with Crippen LogP contribution in [0.25, 0.3) is 11.0 Å². The molecule has 0 saturated heterocycles. The summed E-state index contributed by atoms with van der Waals surface area (Å²) in [6.07, 6.45) is 1.96. The van der Waals surface area contributed by atoms with Crippen molar-refractivity contribution in [2.45, 2.75) is 26.7 Å². The van der Waals surface area contributed by atoms with Crippen molar-refractivity contribution in [1.82, 2.24) is 19.9 Å². The molecule has 2 heterocycles. The Bertz CT molecular complexity index is 684. The maximum atomic E-state index is 5.22. The van der Waals surface area contributed by atoms with Crippen molar-refractivity contribution in [3.05, 3.63) is 0 Å². The summed E-state index contributed by atoms with van der Waals surface area (Å²) in [6, 6.07) is 0. The molecule has 2 rings (SSSR count). The summed E-state index contributed by atoms with van der Waals surface area (Å²) in [5.74, 6) is 2.32. The highest BCUT2D eigenvalue weighted by Gasteiger charge is 2.17. The smallest absolute Gasteiger partial charge is 0.252 e. The normalized spacial score (nSPS) is 10.3. The second kappa shape index (κ2) is 10.00. The molecule has 0 aliphatic carbocycles. The molecular formula is C15H27ClN8O. The molecule has 0 aromatic carbocycles. The van der Waals surface area contributed by atoms with Gasteiger partial charge in [-0.2, -0.15) is 9.97 Å². The molecule has 0 atom stereocenters. The zero-order valence-corrected chi connectivity index (χ0v) is 16.2. The Morgan fingerprint density at radius 1 is 0.920 bits per heavy atom. The molecule has 2 aromatic rings. The van der Waals surface area contributed by atoms with Crippen LogP contribution in [0, 0.1) is 0 Å². The third-order valence-electron chi connectivity index (χ3n) is 3.40. The molecule has 3 N–H and O–H groups in total. The number of nitrogens with one attached hydrogen (secondary N) is 3. The minimum atomic E-state index is 0. The molecule has 0 amide bonds. The van der Waals surface area contributed by atoms with Crippen LogP contribution in [0.4, 0.5) is 23.5 Å². The van der Waals surface area contributed by atoms with Gasteiger partial charge in [0.05, 0.1) is 7.11 Å². The predicted octanol–water partition coefficient (Wildman–Crippen LogP) is 2.52. The summed E-state index contributed by atoms with van der Waals surface area (Å²) in [4.78, 5) is 23.4. The molecule has 25 heavy (non-hydrogen) atoms. The van der Waals surface area contributed by atoms with Crippen molar-refractivity contribution >= 4 is 47.0 Å². The van der Waals surface area contributed by atoms with E-state index in [1.54, 1.807) is 21.2 Å². The Hall–Kier alpha value is -2.13. The van der Waals surface area contributed by atoms with Crippen LogP contribution >= 0.6 is 12.4 Å². The number of anilines is 4. The van der Waals surface area contributed by atoms with Crippen molar-refractivity contribution in [3.8, 4) is 0 Å². The predicted molar refractivity (Wildman–Crippen MR) is 105 cm³/mol. The zero-order valence-electron chi connectivity index (χ0n) is 15.4. The molecule has 140 valence electrons. The minimum absolute atomic E-state index is 0. The van der Waals surface area contributed by atoms with Gasteiger partial charge in [-0.25, -0.2) is 15.0 Å². The maximum absolute atomic E-state index is 5.22. The number of hydroxylamine groups is 1. The number of aromatic nitrogens is 4. The zero-order chi connectivity index (χ0) is 17.5. The number of fused-ring (bicyclic) bond motifs is 1. The van der Waals surface area contributed by atoms with E-state index in [0.717, 1.165) is 25.9 Å². The van der Waals surface area contributed by atoms with Gasteiger partial charge in [-0.05, 0) is 12.8 Å². The Morgan fingerprint density at radius 3 is 2.00 bits per heavy atom.